The van der Waals surface area contributed by atoms with E-state index in [-0.39, 0.29) is 5.91 Å². The molecule has 0 aliphatic rings. The summed E-state index contributed by atoms with van der Waals surface area (Å²) in [5.41, 5.74) is 1.31. The van der Waals surface area contributed by atoms with Gasteiger partial charge in [-0.25, -0.2) is 4.98 Å². The van der Waals surface area contributed by atoms with E-state index in [9.17, 15) is 4.79 Å². The van der Waals surface area contributed by atoms with Crippen LogP contribution >= 0.6 is 15.9 Å². The fourth-order valence-electron chi connectivity index (χ4n) is 1.23. The van der Waals surface area contributed by atoms with Crippen LogP contribution in [0.15, 0.2) is 45.8 Å². The second-order valence-electron chi connectivity index (χ2n) is 3.17. The van der Waals surface area contributed by atoms with E-state index in [1.54, 1.807) is 12.1 Å². The lowest BCUT2D eigenvalue weighted by atomic mass is 10.2. The van der Waals surface area contributed by atoms with Gasteiger partial charge in [-0.05, 0) is 18.2 Å². The van der Waals surface area contributed by atoms with E-state index in [1.165, 1.54) is 12.7 Å². The molecule has 0 fully saturated rings. The Hall–Kier alpha value is -1.62. The molecule has 0 saturated carbocycles. The van der Waals surface area contributed by atoms with Crippen LogP contribution in [0.2, 0.25) is 0 Å². The molecule has 1 N–H and O–H groups in total. The molecule has 0 radical (unpaired) electrons. The smallest absolute Gasteiger partial charge is 0.251 e. The summed E-state index contributed by atoms with van der Waals surface area (Å²) in [5, 5.41) is 2.75. The lowest BCUT2D eigenvalue weighted by molar-refractivity contribution is 0.0950. The highest BCUT2D eigenvalue weighted by molar-refractivity contribution is 9.10. The van der Waals surface area contributed by atoms with Crippen LogP contribution in [-0.2, 0) is 6.54 Å². The first-order valence-electron chi connectivity index (χ1n) is 4.66. The van der Waals surface area contributed by atoms with Crippen LogP contribution in [-0.4, -0.2) is 10.9 Å². The molecule has 82 valence electrons. The van der Waals surface area contributed by atoms with Crippen LogP contribution in [0.25, 0.3) is 0 Å². The molecule has 0 spiro atoms. The summed E-state index contributed by atoms with van der Waals surface area (Å²) < 4.78 is 5.68. The molecule has 0 saturated heterocycles. The van der Waals surface area contributed by atoms with Gasteiger partial charge in [-0.2, -0.15) is 0 Å². The predicted octanol–water partition coefficient (Wildman–Crippen LogP) is 2.37. The minimum Gasteiger partial charge on any atom is -0.451 e. The number of carbonyl (C=O) groups excluding carboxylic acids is 1. The van der Waals surface area contributed by atoms with Crippen molar-refractivity contribution in [3.63, 3.8) is 0 Å². The van der Waals surface area contributed by atoms with Gasteiger partial charge in [0.2, 0.25) is 0 Å². The molecule has 1 aromatic carbocycles. The van der Waals surface area contributed by atoms with Gasteiger partial charge in [0.25, 0.3) is 5.91 Å². The van der Waals surface area contributed by atoms with E-state index in [0.717, 1.165) is 4.47 Å². The average Bonchev–Trinajstić information content (AvgIpc) is 2.78. The van der Waals surface area contributed by atoms with Gasteiger partial charge in [0, 0.05) is 10.0 Å². The molecule has 2 rings (SSSR count). The summed E-state index contributed by atoms with van der Waals surface area (Å²) >= 11 is 3.31. The van der Waals surface area contributed by atoms with Crippen LogP contribution in [0.3, 0.4) is 0 Å². The zero-order valence-corrected chi connectivity index (χ0v) is 9.90. The quantitative estimate of drug-likeness (QED) is 0.939. The lowest BCUT2D eigenvalue weighted by Crippen LogP contribution is -2.22. The molecular formula is C11H9BrN2O2. The van der Waals surface area contributed by atoms with E-state index in [0.29, 0.717) is 17.8 Å². The number of rotatable bonds is 3. The summed E-state index contributed by atoms with van der Waals surface area (Å²) in [6.07, 6.45) is 2.84. The zero-order valence-electron chi connectivity index (χ0n) is 8.31. The largest absolute Gasteiger partial charge is 0.451 e. The van der Waals surface area contributed by atoms with Crippen molar-refractivity contribution >= 4 is 21.8 Å². The third kappa shape index (κ3) is 2.70. The Morgan fingerprint density at radius 1 is 1.50 bits per heavy atom. The van der Waals surface area contributed by atoms with Gasteiger partial charge in [-0.1, -0.05) is 22.0 Å². The lowest BCUT2D eigenvalue weighted by Gasteiger charge is -2.03. The first kappa shape index (κ1) is 10.9. The Morgan fingerprint density at radius 3 is 3.06 bits per heavy atom. The van der Waals surface area contributed by atoms with Crippen molar-refractivity contribution in [3.05, 3.63) is 52.7 Å². The number of aromatic nitrogens is 1. The van der Waals surface area contributed by atoms with Crippen molar-refractivity contribution in [1.82, 2.24) is 10.3 Å². The minimum atomic E-state index is -0.135. The van der Waals surface area contributed by atoms with Gasteiger partial charge >= 0.3 is 0 Å². The van der Waals surface area contributed by atoms with Gasteiger partial charge in [0.1, 0.15) is 6.26 Å². The number of amides is 1. The van der Waals surface area contributed by atoms with E-state index in [1.807, 2.05) is 12.1 Å². The molecule has 0 aliphatic carbocycles. The zero-order chi connectivity index (χ0) is 11.4. The molecule has 0 unspecified atom stereocenters. The Morgan fingerprint density at radius 2 is 2.38 bits per heavy atom. The molecule has 0 atom stereocenters. The summed E-state index contributed by atoms with van der Waals surface area (Å²) in [7, 11) is 0. The number of benzene rings is 1. The molecule has 5 heteroatoms. The fraction of sp³-hybridized carbons (Fsp3) is 0.0909. The molecule has 2 aromatic rings. The maximum atomic E-state index is 11.7. The van der Waals surface area contributed by atoms with Gasteiger partial charge < -0.3 is 9.73 Å². The van der Waals surface area contributed by atoms with Crippen molar-refractivity contribution in [2.75, 3.05) is 0 Å². The molecule has 0 aliphatic heterocycles. The SMILES string of the molecule is O=C(NCc1cocn1)c1cccc(Br)c1. The number of hydrogen-bond acceptors (Lipinski definition) is 3. The van der Waals surface area contributed by atoms with Crippen molar-refractivity contribution < 1.29 is 9.21 Å². The Kier molecular flexibility index (Phi) is 3.36. The average molecular weight is 281 g/mol. The van der Waals surface area contributed by atoms with Crippen LogP contribution in [0, 0.1) is 0 Å². The maximum Gasteiger partial charge on any atom is 0.251 e. The third-order valence-corrected chi connectivity index (χ3v) is 2.49. The first-order chi connectivity index (χ1) is 7.75. The van der Waals surface area contributed by atoms with E-state index < -0.39 is 0 Å². The van der Waals surface area contributed by atoms with E-state index >= 15 is 0 Å². The predicted molar refractivity (Wildman–Crippen MR) is 61.8 cm³/mol. The highest BCUT2D eigenvalue weighted by Gasteiger charge is 2.05. The Bertz CT molecular complexity index is 482. The minimum absolute atomic E-state index is 0.135. The van der Waals surface area contributed by atoms with Crippen LogP contribution in [0.4, 0.5) is 0 Å². The second kappa shape index (κ2) is 4.94. The molecule has 1 heterocycles. The maximum absolute atomic E-state index is 11.7. The van der Waals surface area contributed by atoms with Crippen molar-refractivity contribution in [2.24, 2.45) is 0 Å². The molecule has 4 nitrogen and oxygen atoms in total. The monoisotopic (exact) mass is 280 g/mol. The van der Waals surface area contributed by atoms with Crippen molar-refractivity contribution in [1.29, 1.82) is 0 Å². The number of carbonyl (C=O) groups is 1. The van der Waals surface area contributed by atoms with E-state index in [2.05, 4.69) is 26.2 Å². The third-order valence-electron chi connectivity index (χ3n) is 2.00. The number of hydrogen-bond donors (Lipinski definition) is 1. The van der Waals surface area contributed by atoms with Gasteiger partial charge in [0.15, 0.2) is 6.39 Å². The van der Waals surface area contributed by atoms with Gasteiger partial charge in [0.05, 0.1) is 12.2 Å². The van der Waals surface area contributed by atoms with Crippen molar-refractivity contribution in [3.8, 4) is 0 Å². The first-order valence-corrected chi connectivity index (χ1v) is 5.46. The highest BCUT2D eigenvalue weighted by Crippen LogP contribution is 2.11. The molecular weight excluding hydrogens is 272 g/mol. The summed E-state index contributed by atoms with van der Waals surface area (Å²) in [6, 6.07) is 7.20. The molecule has 0 bridgehead atoms. The fourth-order valence-corrected chi connectivity index (χ4v) is 1.63. The summed E-state index contributed by atoms with van der Waals surface area (Å²) in [6.45, 7) is 0.363. The Balaban J connectivity index is 1.98. The highest BCUT2D eigenvalue weighted by atomic mass is 79.9. The van der Waals surface area contributed by atoms with Crippen LogP contribution < -0.4 is 5.32 Å². The van der Waals surface area contributed by atoms with E-state index in [4.69, 9.17) is 4.42 Å². The number of nitrogens with zero attached hydrogens (tertiary/aromatic N) is 1. The topological polar surface area (TPSA) is 55.1 Å². The standard InChI is InChI=1S/C11H9BrN2O2/c12-9-3-1-2-8(4-9)11(15)13-5-10-6-16-7-14-10/h1-4,6-7H,5H2,(H,13,15). The normalized spacial score (nSPS) is 10.1. The van der Waals surface area contributed by atoms with Gasteiger partial charge in [-0.3, -0.25) is 4.79 Å². The van der Waals surface area contributed by atoms with Gasteiger partial charge in [-0.15, -0.1) is 0 Å². The number of halogens is 1. The molecule has 1 amide bonds. The van der Waals surface area contributed by atoms with Crippen molar-refractivity contribution in [2.45, 2.75) is 6.54 Å². The molecule has 1 aromatic heterocycles. The summed E-state index contributed by atoms with van der Waals surface area (Å²) in [5.74, 6) is -0.135. The van der Waals surface area contributed by atoms with Crippen LogP contribution in [0.1, 0.15) is 16.1 Å². The Labute approximate surface area is 101 Å². The summed E-state index contributed by atoms with van der Waals surface area (Å²) in [4.78, 5) is 15.6. The van der Waals surface area contributed by atoms with Crippen LogP contribution in [0.5, 0.6) is 0 Å². The number of oxazole rings is 1. The number of nitrogens with one attached hydrogen (secondary N) is 1. The molecule has 16 heavy (non-hydrogen) atoms. The second-order valence-corrected chi connectivity index (χ2v) is 4.09.